The number of nitrogens with zero attached hydrogens (tertiary/aromatic N) is 1. The molecule has 1 N–H and O–H groups in total. The number of oxazole rings is 1. The molecule has 0 spiro atoms. The quantitative estimate of drug-likeness (QED) is 0.815. The zero-order valence-corrected chi connectivity index (χ0v) is 9.21. The number of rotatable bonds is 3. The third-order valence-electron chi connectivity index (χ3n) is 2.32. The van der Waals surface area contributed by atoms with Crippen molar-refractivity contribution in [3.63, 3.8) is 0 Å². The van der Waals surface area contributed by atoms with Crippen molar-refractivity contribution in [2.24, 2.45) is 0 Å². The average Bonchev–Trinajstić information content (AvgIpc) is 2.87. The van der Waals surface area contributed by atoms with Crippen LogP contribution in [0.25, 0.3) is 11.3 Å². The number of aliphatic hydroxyl groups excluding tert-OH is 1. The molecule has 5 heteroatoms. The summed E-state index contributed by atoms with van der Waals surface area (Å²) in [5.41, 5.74) is 1.53. The Labute approximate surface area is 97.7 Å². The van der Waals surface area contributed by atoms with Crippen LogP contribution in [0.1, 0.15) is 16.1 Å². The lowest BCUT2D eigenvalue weighted by atomic mass is 10.1. The van der Waals surface area contributed by atoms with Gasteiger partial charge in [0.1, 0.15) is 0 Å². The third kappa shape index (κ3) is 2.19. The van der Waals surface area contributed by atoms with Gasteiger partial charge < -0.3 is 14.3 Å². The Balaban J connectivity index is 2.45. The number of hydrogen-bond donors (Lipinski definition) is 1. The summed E-state index contributed by atoms with van der Waals surface area (Å²) in [6.07, 6.45) is 1.19. The molecule has 0 amide bonds. The minimum Gasteiger partial charge on any atom is -0.464 e. The van der Waals surface area contributed by atoms with Gasteiger partial charge in [-0.1, -0.05) is 18.2 Å². The first-order chi connectivity index (χ1) is 8.26. The summed E-state index contributed by atoms with van der Waals surface area (Å²) in [7, 11) is 1.28. The second-order valence-electron chi connectivity index (χ2n) is 3.38. The Kier molecular flexibility index (Phi) is 3.20. The van der Waals surface area contributed by atoms with E-state index in [0.717, 1.165) is 5.56 Å². The summed E-state index contributed by atoms with van der Waals surface area (Å²) >= 11 is 0. The molecule has 0 atom stereocenters. The van der Waals surface area contributed by atoms with Gasteiger partial charge in [-0.05, 0) is 11.6 Å². The number of aliphatic hydroxyl groups is 1. The molecule has 5 nitrogen and oxygen atoms in total. The average molecular weight is 233 g/mol. The van der Waals surface area contributed by atoms with Gasteiger partial charge in [0.15, 0.2) is 17.8 Å². The molecule has 2 rings (SSSR count). The smallest absolute Gasteiger partial charge is 0.360 e. The van der Waals surface area contributed by atoms with E-state index in [9.17, 15) is 4.79 Å². The van der Waals surface area contributed by atoms with Crippen molar-refractivity contribution in [3.8, 4) is 11.3 Å². The highest BCUT2D eigenvalue weighted by Crippen LogP contribution is 2.24. The Bertz CT molecular complexity index is 533. The van der Waals surface area contributed by atoms with Gasteiger partial charge in [0, 0.05) is 5.56 Å². The highest BCUT2D eigenvalue weighted by Gasteiger charge is 2.18. The number of esters is 1. The highest BCUT2D eigenvalue weighted by molar-refractivity contribution is 5.93. The highest BCUT2D eigenvalue weighted by atomic mass is 16.5. The molecule has 0 radical (unpaired) electrons. The molecule has 0 saturated heterocycles. The van der Waals surface area contributed by atoms with Crippen molar-refractivity contribution in [1.82, 2.24) is 4.98 Å². The first kappa shape index (κ1) is 11.3. The van der Waals surface area contributed by atoms with E-state index in [1.165, 1.54) is 13.5 Å². The van der Waals surface area contributed by atoms with Crippen molar-refractivity contribution < 1.29 is 19.1 Å². The van der Waals surface area contributed by atoms with Gasteiger partial charge in [-0.15, -0.1) is 0 Å². The van der Waals surface area contributed by atoms with Gasteiger partial charge in [0.25, 0.3) is 0 Å². The van der Waals surface area contributed by atoms with Crippen LogP contribution in [-0.4, -0.2) is 23.2 Å². The van der Waals surface area contributed by atoms with E-state index < -0.39 is 5.97 Å². The van der Waals surface area contributed by atoms with Crippen LogP contribution in [0, 0.1) is 0 Å². The van der Waals surface area contributed by atoms with Crippen LogP contribution in [-0.2, 0) is 11.3 Å². The number of carbonyl (C=O) groups is 1. The van der Waals surface area contributed by atoms with Gasteiger partial charge in [0.2, 0.25) is 0 Å². The first-order valence-electron chi connectivity index (χ1n) is 4.98. The summed E-state index contributed by atoms with van der Waals surface area (Å²) in [4.78, 5) is 15.2. The minimum absolute atomic E-state index is 0.0739. The normalized spacial score (nSPS) is 10.2. The summed E-state index contributed by atoms with van der Waals surface area (Å²) in [5.74, 6) is -0.213. The monoisotopic (exact) mass is 233 g/mol. The number of ether oxygens (including phenoxy) is 1. The Morgan fingerprint density at radius 1 is 1.53 bits per heavy atom. The maximum absolute atomic E-state index is 11.4. The van der Waals surface area contributed by atoms with Crippen molar-refractivity contribution >= 4 is 5.97 Å². The number of carbonyl (C=O) groups excluding carboxylic acids is 1. The summed E-state index contributed by atoms with van der Waals surface area (Å²) in [6.45, 7) is -0.0739. The van der Waals surface area contributed by atoms with Crippen molar-refractivity contribution in [1.29, 1.82) is 0 Å². The molecule has 17 heavy (non-hydrogen) atoms. The largest absolute Gasteiger partial charge is 0.464 e. The fourth-order valence-corrected chi connectivity index (χ4v) is 1.50. The van der Waals surface area contributed by atoms with Gasteiger partial charge >= 0.3 is 5.97 Å². The topological polar surface area (TPSA) is 72.6 Å². The Morgan fingerprint density at radius 2 is 2.35 bits per heavy atom. The zero-order chi connectivity index (χ0) is 12.3. The molecule has 1 aromatic carbocycles. The van der Waals surface area contributed by atoms with E-state index in [2.05, 4.69) is 9.72 Å². The molecule has 0 saturated carbocycles. The van der Waals surface area contributed by atoms with E-state index >= 15 is 0 Å². The molecule has 0 aliphatic rings. The molecular weight excluding hydrogens is 222 g/mol. The number of methoxy groups -OCH3 is 1. The Hall–Kier alpha value is -2.14. The fourth-order valence-electron chi connectivity index (χ4n) is 1.50. The van der Waals surface area contributed by atoms with Crippen LogP contribution in [0.3, 0.4) is 0 Å². The molecule has 0 bridgehead atoms. The van der Waals surface area contributed by atoms with E-state index in [-0.39, 0.29) is 12.3 Å². The predicted octanol–water partition coefficient (Wildman–Crippen LogP) is 1.62. The van der Waals surface area contributed by atoms with Crippen LogP contribution in [0.5, 0.6) is 0 Å². The molecule has 0 aliphatic heterocycles. The van der Waals surface area contributed by atoms with E-state index in [0.29, 0.717) is 11.3 Å². The van der Waals surface area contributed by atoms with Gasteiger partial charge in [-0.2, -0.15) is 0 Å². The first-order valence-corrected chi connectivity index (χ1v) is 4.98. The standard InChI is InChI=1S/C12H11NO4/c1-16-12(15)10-11(17-7-13-10)9-4-2-3-8(5-9)6-14/h2-5,7,14H,6H2,1H3. The van der Waals surface area contributed by atoms with E-state index in [1.54, 1.807) is 24.3 Å². The SMILES string of the molecule is COC(=O)c1ncoc1-c1cccc(CO)c1. The number of hydrogen-bond acceptors (Lipinski definition) is 5. The van der Waals surface area contributed by atoms with Gasteiger partial charge in [-0.3, -0.25) is 0 Å². The third-order valence-corrected chi connectivity index (χ3v) is 2.32. The van der Waals surface area contributed by atoms with E-state index in [4.69, 9.17) is 9.52 Å². The van der Waals surface area contributed by atoms with Crippen LogP contribution in [0.15, 0.2) is 35.1 Å². The lowest BCUT2D eigenvalue weighted by molar-refractivity contribution is 0.0595. The second-order valence-corrected chi connectivity index (χ2v) is 3.38. The maximum Gasteiger partial charge on any atom is 0.360 e. The fraction of sp³-hybridized carbons (Fsp3) is 0.167. The minimum atomic E-state index is -0.553. The molecular formula is C12H11NO4. The Morgan fingerprint density at radius 3 is 3.06 bits per heavy atom. The molecule has 1 aromatic heterocycles. The molecule has 0 fully saturated rings. The van der Waals surface area contributed by atoms with Gasteiger partial charge in [0.05, 0.1) is 13.7 Å². The van der Waals surface area contributed by atoms with Crippen LogP contribution < -0.4 is 0 Å². The number of aromatic nitrogens is 1. The molecule has 0 unspecified atom stereocenters. The zero-order valence-electron chi connectivity index (χ0n) is 9.21. The maximum atomic E-state index is 11.4. The van der Waals surface area contributed by atoms with Crippen molar-refractivity contribution in [2.45, 2.75) is 6.61 Å². The van der Waals surface area contributed by atoms with Crippen LogP contribution in [0.2, 0.25) is 0 Å². The predicted molar refractivity (Wildman–Crippen MR) is 59.2 cm³/mol. The number of benzene rings is 1. The molecule has 2 aromatic rings. The molecule has 88 valence electrons. The van der Waals surface area contributed by atoms with Crippen molar-refractivity contribution in [2.75, 3.05) is 7.11 Å². The molecule has 0 aliphatic carbocycles. The van der Waals surface area contributed by atoms with Crippen molar-refractivity contribution in [3.05, 3.63) is 41.9 Å². The summed E-state index contributed by atoms with van der Waals surface area (Å²) in [6, 6.07) is 7.04. The van der Waals surface area contributed by atoms with Crippen LogP contribution in [0.4, 0.5) is 0 Å². The van der Waals surface area contributed by atoms with Crippen LogP contribution >= 0.6 is 0 Å². The second kappa shape index (κ2) is 4.80. The summed E-state index contributed by atoms with van der Waals surface area (Å²) < 4.78 is 9.78. The van der Waals surface area contributed by atoms with Gasteiger partial charge in [-0.25, -0.2) is 9.78 Å². The van der Waals surface area contributed by atoms with E-state index in [1.807, 2.05) is 0 Å². The lowest BCUT2D eigenvalue weighted by Crippen LogP contribution is -2.03. The summed E-state index contributed by atoms with van der Waals surface area (Å²) in [5, 5.41) is 9.05. The lowest BCUT2D eigenvalue weighted by Gasteiger charge is -2.02. The molecule has 1 heterocycles.